The Hall–Kier alpha value is -1.70. The van der Waals surface area contributed by atoms with E-state index < -0.39 is 10.0 Å². The summed E-state index contributed by atoms with van der Waals surface area (Å²) in [5.74, 6) is 0.820. The Morgan fingerprint density at radius 2 is 1.79 bits per heavy atom. The zero-order valence-electron chi connectivity index (χ0n) is 14.3. The van der Waals surface area contributed by atoms with Crippen LogP contribution in [0.2, 0.25) is 0 Å². The molecule has 130 valence electrons. The average Bonchev–Trinajstić information content (AvgIpc) is 2.95. The monoisotopic (exact) mass is 349 g/mol. The maximum atomic E-state index is 12.8. The molecule has 6 nitrogen and oxygen atoms in total. The summed E-state index contributed by atoms with van der Waals surface area (Å²) in [6.07, 6.45) is 1.73. The number of nitrogens with zero attached hydrogens (tertiary/aromatic N) is 3. The van der Waals surface area contributed by atoms with E-state index in [1.54, 1.807) is 22.6 Å². The van der Waals surface area contributed by atoms with Gasteiger partial charge in [-0.2, -0.15) is 4.31 Å². The number of aryl methyl sites for hydroxylation is 3. The first-order valence-electron chi connectivity index (χ1n) is 8.08. The minimum atomic E-state index is -3.42. The summed E-state index contributed by atoms with van der Waals surface area (Å²) in [5.41, 5.74) is 3.15. The van der Waals surface area contributed by atoms with Crippen molar-refractivity contribution in [3.8, 4) is 0 Å². The van der Waals surface area contributed by atoms with Crippen LogP contribution in [0.15, 0.2) is 33.8 Å². The normalized spacial score (nSPS) is 17.3. The quantitative estimate of drug-likeness (QED) is 0.846. The molecule has 0 amide bonds. The van der Waals surface area contributed by atoms with Crippen molar-refractivity contribution in [1.29, 1.82) is 0 Å². The number of hydrogen-bond acceptors (Lipinski definition) is 5. The van der Waals surface area contributed by atoms with E-state index in [1.807, 2.05) is 26.8 Å². The summed E-state index contributed by atoms with van der Waals surface area (Å²) >= 11 is 0. The minimum absolute atomic E-state index is 0.383. The molecule has 0 radical (unpaired) electrons. The molecule has 0 atom stereocenters. The van der Waals surface area contributed by atoms with Gasteiger partial charge in [0.15, 0.2) is 0 Å². The molecule has 1 saturated heterocycles. The van der Waals surface area contributed by atoms with Crippen LogP contribution in [-0.2, 0) is 16.6 Å². The molecule has 0 bridgehead atoms. The number of rotatable bonds is 4. The molecule has 2 heterocycles. The number of hydrogen-bond donors (Lipinski definition) is 0. The van der Waals surface area contributed by atoms with Gasteiger partial charge in [0, 0.05) is 38.3 Å². The molecular weight excluding hydrogens is 326 g/mol. The van der Waals surface area contributed by atoms with E-state index >= 15 is 0 Å². The lowest BCUT2D eigenvalue weighted by atomic mass is 10.1. The summed E-state index contributed by atoms with van der Waals surface area (Å²) in [6.45, 7) is 8.96. The Bertz CT molecular complexity index is 821. The van der Waals surface area contributed by atoms with E-state index in [2.05, 4.69) is 10.1 Å². The van der Waals surface area contributed by atoms with E-state index in [1.165, 1.54) is 0 Å². The first kappa shape index (κ1) is 17.1. The number of aromatic nitrogens is 1. The Morgan fingerprint density at radius 3 is 2.38 bits per heavy atom. The van der Waals surface area contributed by atoms with Gasteiger partial charge in [-0.1, -0.05) is 11.2 Å². The lowest BCUT2D eigenvalue weighted by Crippen LogP contribution is -2.48. The number of benzene rings is 1. The van der Waals surface area contributed by atoms with Gasteiger partial charge in [0.1, 0.15) is 5.76 Å². The van der Waals surface area contributed by atoms with Crippen molar-refractivity contribution in [1.82, 2.24) is 14.4 Å². The molecule has 7 heteroatoms. The van der Waals surface area contributed by atoms with Crippen molar-refractivity contribution in [3.63, 3.8) is 0 Å². The second kappa shape index (κ2) is 6.66. The Labute approximate surface area is 143 Å². The molecule has 3 rings (SSSR count). The summed E-state index contributed by atoms with van der Waals surface area (Å²) in [4.78, 5) is 2.61. The highest BCUT2D eigenvalue weighted by Crippen LogP contribution is 2.21. The van der Waals surface area contributed by atoms with Crippen molar-refractivity contribution in [2.24, 2.45) is 0 Å². The maximum absolute atomic E-state index is 12.8. The Morgan fingerprint density at radius 1 is 1.08 bits per heavy atom. The fraction of sp³-hybridized carbons (Fsp3) is 0.471. The topological polar surface area (TPSA) is 66.7 Å². The lowest BCUT2D eigenvalue weighted by Gasteiger charge is -2.33. The zero-order chi connectivity index (χ0) is 17.3. The third kappa shape index (κ3) is 3.38. The largest absolute Gasteiger partial charge is 0.361 e. The van der Waals surface area contributed by atoms with Crippen molar-refractivity contribution in [2.45, 2.75) is 32.2 Å². The zero-order valence-corrected chi connectivity index (χ0v) is 15.1. The molecule has 1 fully saturated rings. The summed E-state index contributed by atoms with van der Waals surface area (Å²) in [7, 11) is -3.42. The van der Waals surface area contributed by atoms with Gasteiger partial charge in [-0.15, -0.1) is 0 Å². The highest BCUT2D eigenvalue weighted by Gasteiger charge is 2.29. The number of piperazine rings is 1. The third-order valence-corrected chi connectivity index (χ3v) is 6.59. The summed E-state index contributed by atoms with van der Waals surface area (Å²) in [5, 5.41) is 3.79. The van der Waals surface area contributed by atoms with Gasteiger partial charge in [0.2, 0.25) is 10.0 Å². The molecule has 1 aliphatic rings. The molecule has 0 unspecified atom stereocenters. The molecule has 1 aliphatic heterocycles. The second-order valence-electron chi connectivity index (χ2n) is 6.33. The van der Waals surface area contributed by atoms with Crippen LogP contribution in [0, 0.1) is 20.8 Å². The van der Waals surface area contributed by atoms with Crippen LogP contribution in [-0.4, -0.2) is 49.0 Å². The van der Waals surface area contributed by atoms with Gasteiger partial charge < -0.3 is 4.52 Å². The van der Waals surface area contributed by atoms with E-state index in [9.17, 15) is 8.42 Å². The molecule has 24 heavy (non-hydrogen) atoms. The minimum Gasteiger partial charge on any atom is -0.361 e. The molecule has 0 spiro atoms. The van der Waals surface area contributed by atoms with Crippen molar-refractivity contribution < 1.29 is 12.9 Å². The first-order valence-corrected chi connectivity index (χ1v) is 9.52. The average molecular weight is 349 g/mol. The van der Waals surface area contributed by atoms with Crippen molar-refractivity contribution in [2.75, 3.05) is 26.2 Å². The van der Waals surface area contributed by atoms with Crippen LogP contribution in [0.3, 0.4) is 0 Å². The smallest absolute Gasteiger partial charge is 0.243 e. The number of sulfonamides is 1. The fourth-order valence-corrected chi connectivity index (χ4v) is 4.37. The summed E-state index contributed by atoms with van der Waals surface area (Å²) in [6, 6.07) is 5.33. The van der Waals surface area contributed by atoms with E-state index in [0.29, 0.717) is 31.1 Å². The van der Waals surface area contributed by atoms with Gasteiger partial charge in [0.05, 0.1) is 11.1 Å². The Kier molecular flexibility index (Phi) is 4.76. The van der Waals surface area contributed by atoms with E-state index in [0.717, 1.165) is 29.0 Å². The lowest BCUT2D eigenvalue weighted by molar-refractivity contribution is 0.181. The first-order chi connectivity index (χ1) is 11.4. The SMILES string of the molecule is Cc1ccc(S(=O)(=O)N2CCN(Cc3cnoc3C)CC2)cc1C. The Balaban J connectivity index is 1.67. The van der Waals surface area contributed by atoms with Gasteiger partial charge in [-0.05, 0) is 44.0 Å². The van der Waals surface area contributed by atoms with E-state index in [-0.39, 0.29) is 0 Å². The summed E-state index contributed by atoms with van der Waals surface area (Å²) < 4.78 is 32.3. The van der Waals surface area contributed by atoms with Gasteiger partial charge in [-0.25, -0.2) is 8.42 Å². The van der Waals surface area contributed by atoms with Gasteiger partial charge in [0.25, 0.3) is 0 Å². The highest BCUT2D eigenvalue weighted by molar-refractivity contribution is 7.89. The molecule has 1 aromatic carbocycles. The molecule has 1 aromatic heterocycles. The van der Waals surface area contributed by atoms with Crippen LogP contribution < -0.4 is 0 Å². The molecule has 2 aromatic rings. The molecule has 0 aliphatic carbocycles. The third-order valence-electron chi connectivity index (χ3n) is 4.69. The maximum Gasteiger partial charge on any atom is 0.243 e. The highest BCUT2D eigenvalue weighted by atomic mass is 32.2. The van der Waals surface area contributed by atoms with Crippen LogP contribution in [0.25, 0.3) is 0 Å². The van der Waals surface area contributed by atoms with E-state index in [4.69, 9.17) is 4.52 Å². The van der Waals surface area contributed by atoms with Crippen molar-refractivity contribution in [3.05, 3.63) is 46.8 Å². The molecule has 0 saturated carbocycles. The van der Waals surface area contributed by atoms with Gasteiger partial charge >= 0.3 is 0 Å². The molecule has 0 N–H and O–H groups in total. The predicted octanol–water partition coefficient (Wildman–Crippen LogP) is 2.11. The van der Waals surface area contributed by atoms with Crippen LogP contribution >= 0.6 is 0 Å². The van der Waals surface area contributed by atoms with Crippen LogP contribution in [0.5, 0.6) is 0 Å². The molecular formula is C17H23N3O3S. The van der Waals surface area contributed by atoms with Crippen molar-refractivity contribution >= 4 is 10.0 Å². The van der Waals surface area contributed by atoms with Crippen LogP contribution in [0.4, 0.5) is 0 Å². The standard InChI is InChI=1S/C17H23N3O3S/c1-13-4-5-17(10-14(13)2)24(21,22)20-8-6-19(7-9-20)12-16-11-18-23-15(16)3/h4-5,10-11H,6-9,12H2,1-3H3. The van der Waals surface area contributed by atoms with Crippen LogP contribution in [0.1, 0.15) is 22.5 Å². The second-order valence-corrected chi connectivity index (χ2v) is 8.27. The predicted molar refractivity (Wildman–Crippen MR) is 91.2 cm³/mol. The fourth-order valence-electron chi connectivity index (χ4n) is 2.86. The van der Waals surface area contributed by atoms with Gasteiger partial charge in [-0.3, -0.25) is 4.90 Å².